The van der Waals surface area contributed by atoms with E-state index in [1.165, 1.54) is 0 Å². The highest BCUT2D eigenvalue weighted by Gasteiger charge is 2.09. The van der Waals surface area contributed by atoms with Gasteiger partial charge in [-0.25, -0.2) is 4.39 Å². The van der Waals surface area contributed by atoms with Crippen LogP contribution in [0.4, 0.5) is 4.39 Å². The van der Waals surface area contributed by atoms with E-state index >= 15 is 0 Å². The molecule has 1 atom stereocenters. The van der Waals surface area contributed by atoms with E-state index in [9.17, 15) is 4.39 Å². The fourth-order valence-corrected chi connectivity index (χ4v) is 1.54. The number of nitrogens with zero attached hydrogens (tertiary/aromatic N) is 1. The van der Waals surface area contributed by atoms with E-state index in [-0.39, 0.29) is 0 Å². The van der Waals surface area contributed by atoms with Gasteiger partial charge in [0.2, 0.25) is 0 Å². The molecule has 15 heavy (non-hydrogen) atoms. The Morgan fingerprint density at radius 3 is 2.87 bits per heavy atom. The van der Waals surface area contributed by atoms with Crippen LogP contribution in [-0.2, 0) is 0 Å². The van der Waals surface area contributed by atoms with Gasteiger partial charge in [0.15, 0.2) is 0 Å². The van der Waals surface area contributed by atoms with Gasteiger partial charge < -0.3 is 5.11 Å². The number of aromatic nitrogens is 1. The quantitative estimate of drug-likeness (QED) is 0.759. The molecule has 2 rings (SSSR count). The van der Waals surface area contributed by atoms with Gasteiger partial charge in [0.05, 0.1) is 11.8 Å². The van der Waals surface area contributed by atoms with Gasteiger partial charge >= 0.3 is 0 Å². The summed E-state index contributed by atoms with van der Waals surface area (Å²) in [6.45, 7) is 0. The lowest BCUT2D eigenvalue weighted by atomic mass is 10.1. The maximum Gasteiger partial charge on any atom is 0.147 e. The molecule has 76 valence electrons. The molecular weight excluding hydrogens is 193 g/mol. The Kier molecular flexibility index (Phi) is 2.63. The van der Waals surface area contributed by atoms with Gasteiger partial charge in [-0.15, -0.1) is 0 Å². The van der Waals surface area contributed by atoms with E-state index in [0.29, 0.717) is 5.56 Å². The first-order valence-corrected chi connectivity index (χ1v) is 4.61. The standard InChI is InChI=1S/C12H10FNO/c13-11(6-8-15)9-5-7-14-12-4-2-1-3-10(9)12/h1-8,11,15H/b8-6-. The minimum atomic E-state index is -1.30. The average Bonchev–Trinajstić information content (AvgIpc) is 2.28. The van der Waals surface area contributed by atoms with E-state index < -0.39 is 6.17 Å². The third kappa shape index (κ3) is 1.81. The Morgan fingerprint density at radius 1 is 1.27 bits per heavy atom. The summed E-state index contributed by atoms with van der Waals surface area (Å²) in [6.07, 6.45) is 2.08. The number of halogens is 1. The zero-order valence-electron chi connectivity index (χ0n) is 7.97. The molecule has 0 amide bonds. The molecule has 0 aliphatic rings. The van der Waals surface area contributed by atoms with Crippen molar-refractivity contribution in [2.24, 2.45) is 0 Å². The number of aliphatic hydroxyl groups excluding tert-OH is 1. The summed E-state index contributed by atoms with van der Waals surface area (Å²) < 4.78 is 13.6. The smallest absolute Gasteiger partial charge is 0.147 e. The van der Waals surface area contributed by atoms with Crippen LogP contribution >= 0.6 is 0 Å². The lowest BCUT2D eigenvalue weighted by Crippen LogP contribution is -1.91. The van der Waals surface area contributed by atoms with Crippen LogP contribution in [0.3, 0.4) is 0 Å². The predicted molar refractivity (Wildman–Crippen MR) is 57.4 cm³/mol. The summed E-state index contributed by atoms with van der Waals surface area (Å²) in [6, 6.07) is 8.95. The van der Waals surface area contributed by atoms with Crippen LogP contribution in [0.5, 0.6) is 0 Å². The SMILES string of the molecule is O/C=C\C(F)c1ccnc2ccccc12. The third-order valence-corrected chi connectivity index (χ3v) is 2.23. The Labute approximate surface area is 86.7 Å². The topological polar surface area (TPSA) is 33.1 Å². The van der Waals surface area contributed by atoms with E-state index in [4.69, 9.17) is 5.11 Å². The number of fused-ring (bicyclic) bond motifs is 1. The monoisotopic (exact) mass is 203 g/mol. The van der Waals surface area contributed by atoms with Gasteiger partial charge in [-0.2, -0.15) is 0 Å². The first-order chi connectivity index (χ1) is 7.33. The molecule has 1 heterocycles. The number of benzene rings is 1. The molecule has 1 aromatic carbocycles. The van der Waals surface area contributed by atoms with Crippen molar-refractivity contribution in [3.63, 3.8) is 0 Å². The molecular formula is C12H10FNO. The number of rotatable bonds is 2. The molecule has 3 heteroatoms. The van der Waals surface area contributed by atoms with Gasteiger partial charge in [0.25, 0.3) is 0 Å². The number of hydrogen-bond donors (Lipinski definition) is 1. The average molecular weight is 203 g/mol. The summed E-state index contributed by atoms with van der Waals surface area (Å²) >= 11 is 0. The number of alkyl halides is 1. The Bertz CT molecular complexity index is 490. The lowest BCUT2D eigenvalue weighted by Gasteiger charge is -2.06. The molecule has 0 saturated carbocycles. The summed E-state index contributed by atoms with van der Waals surface area (Å²) in [5.74, 6) is 0. The number of para-hydroxylation sites is 1. The van der Waals surface area contributed by atoms with Crippen molar-refractivity contribution < 1.29 is 9.50 Å². The van der Waals surface area contributed by atoms with Crippen LogP contribution in [-0.4, -0.2) is 10.1 Å². The van der Waals surface area contributed by atoms with Gasteiger partial charge in [-0.05, 0) is 18.2 Å². The summed E-state index contributed by atoms with van der Waals surface area (Å²) in [5, 5.41) is 9.30. The first kappa shape index (κ1) is 9.65. The van der Waals surface area contributed by atoms with Crippen LogP contribution in [0.1, 0.15) is 11.7 Å². The molecule has 0 fully saturated rings. The molecule has 0 saturated heterocycles. The summed E-state index contributed by atoms with van der Waals surface area (Å²) in [7, 11) is 0. The third-order valence-electron chi connectivity index (χ3n) is 2.23. The Balaban J connectivity index is 2.60. The van der Waals surface area contributed by atoms with Gasteiger partial charge in [-0.3, -0.25) is 4.98 Å². The van der Waals surface area contributed by atoms with E-state index in [0.717, 1.165) is 23.2 Å². The van der Waals surface area contributed by atoms with Gasteiger partial charge in [0.1, 0.15) is 6.17 Å². The normalized spacial score (nSPS) is 13.4. The van der Waals surface area contributed by atoms with Crippen molar-refractivity contribution in [1.29, 1.82) is 0 Å². The van der Waals surface area contributed by atoms with Crippen molar-refractivity contribution in [1.82, 2.24) is 4.98 Å². The maximum atomic E-state index is 13.6. The van der Waals surface area contributed by atoms with Crippen molar-refractivity contribution in [3.8, 4) is 0 Å². The zero-order chi connectivity index (χ0) is 10.7. The first-order valence-electron chi connectivity index (χ1n) is 4.61. The van der Waals surface area contributed by atoms with Crippen LogP contribution in [0, 0.1) is 0 Å². The minimum absolute atomic E-state index is 0.519. The largest absolute Gasteiger partial charge is 0.516 e. The number of allylic oxidation sites excluding steroid dienone is 1. The van der Waals surface area contributed by atoms with E-state index in [1.54, 1.807) is 12.3 Å². The van der Waals surface area contributed by atoms with Crippen molar-refractivity contribution >= 4 is 10.9 Å². The fraction of sp³-hybridized carbons (Fsp3) is 0.0833. The highest BCUT2D eigenvalue weighted by atomic mass is 19.1. The fourth-order valence-electron chi connectivity index (χ4n) is 1.54. The zero-order valence-corrected chi connectivity index (χ0v) is 7.97. The molecule has 1 aromatic heterocycles. The molecule has 2 nitrogen and oxygen atoms in total. The van der Waals surface area contributed by atoms with Crippen LogP contribution < -0.4 is 0 Å². The van der Waals surface area contributed by atoms with E-state index in [1.807, 2.05) is 24.3 Å². The van der Waals surface area contributed by atoms with Crippen LogP contribution in [0.25, 0.3) is 10.9 Å². The molecule has 1 unspecified atom stereocenters. The highest BCUT2D eigenvalue weighted by molar-refractivity contribution is 5.82. The Morgan fingerprint density at radius 2 is 2.07 bits per heavy atom. The molecule has 1 N–H and O–H groups in total. The summed E-state index contributed by atoms with van der Waals surface area (Å²) in [4.78, 5) is 4.13. The number of aliphatic hydroxyl groups is 1. The number of pyridine rings is 1. The lowest BCUT2D eigenvalue weighted by molar-refractivity contribution is 0.398. The summed E-state index contributed by atoms with van der Waals surface area (Å²) in [5.41, 5.74) is 1.27. The minimum Gasteiger partial charge on any atom is -0.516 e. The molecule has 2 aromatic rings. The van der Waals surface area contributed by atoms with E-state index in [2.05, 4.69) is 4.98 Å². The molecule has 0 aliphatic carbocycles. The van der Waals surface area contributed by atoms with Crippen LogP contribution in [0.2, 0.25) is 0 Å². The highest BCUT2D eigenvalue weighted by Crippen LogP contribution is 2.25. The van der Waals surface area contributed by atoms with Crippen molar-refractivity contribution in [3.05, 3.63) is 54.4 Å². The Hall–Kier alpha value is -1.90. The van der Waals surface area contributed by atoms with Crippen LogP contribution in [0.15, 0.2) is 48.9 Å². The van der Waals surface area contributed by atoms with Gasteiger partial charge in [0, 0.05) is 17.1 Å². The second-order valence-electron chi connectivity index (χ2n) is 3.16. The molecule has 0 radical (unpaired) electrons. The molecule has 0 aliphatic heterocycles. The van der Waals surface area contributed by atoms with Gasteiger partial charge in [-0.1, -0.05) is 18.2 Å². The second kappa shape index (κ2) is 4.09. The van der Waals surface area contributed by atoms with Crippen molar-refractivity contribution in [2.75, 3.05) is 0 Å². The predicted octanol–water partition coefficient (Wildman–Crippen LogP) is 3.32. The number of hydrogen-bond acceptors (Lipinski definition) is 2. The van der Waals surface area contributed by atoms with Crippen molar-refractivity contribution in [2.45, 2.75) is 6.17 Å². The second-order valence-corrected chi connectivity index (χ2v) is 3.16. The maximum absolute atomic E-state index is 13.6. The molecule has 0 spiro atoms. The molecule has 0 bridgehead atoms.